The maximum atomic E-state index is 5.78. The second kappa shape index (κ2) is 6.87. The molecule has 4 rings (SSSR count). The number of fused-ring (bicyclic) bond motifs is 1. The predicted molar refractivity (Wildman–Crippen MR) is 99.7 cm³/mol. The monoisotopic (exact) mass is 339 g/mol. The van der Waals surface area contributed by atoms with Crippen molar-refractivity contribution in [1.82, 2.24) is 9.97 Å². The highest BCUT2D eigenvalue weighted by Crippen LogP contribution is 2.31. The van der Waals surface area contributed by atoms with Crippen molar-refractivity contribution < 1.29 is 4.74 Å². The number of thiophene rings is 1. The summed E-state index contributed by atoms with van der Waals surface area (Å²) in [4.78, 5) is 13.2. The maximum Gasteiger partial charge on any atom is 0.172 e. The highest BCUT2D eigenvalue weighted by Gasteiger charge is 2.22. The number of piperidine rings is 1. The Morgan fingerprint density at radius 3 is 2.71 bits per heavy atom. The molecule has 0 amide bonds. The summed E-state index contributed by atoms with van der Waals surface area (Å²) in [7, 11) is 0. The van der Waals surface area contributed by atoms with Crippen molar-refractivity contribution in [2.24, 2.45) is 0 Å². The third-order valence-corrected chi connectivity index (χ3v) is 5.33. The Bertz CT molecular complexity index is 811. The quantitative estimate of drug-likeness (QED) is 0.708. The van der Waals surface area contributed by atoms with Crippen LogP contribution in [0.4, 0.5) is 5.82 Å². The summed E-state index contributed by atoms with van der Waals surface area (Å²) in [6.45, 7) is 4.83. The summed E-state index contributed by atoms with van der Waals surface area (Å²) in [5.41, 5.74) is 1.01. The second-order valence-corrected chi connectivity index (χ2v) is 6.95. The van der Waals surface area contributed by atoms with Crippen LogP contribution >= 0.6 is 11.3 Å². The smallest absolute Gasteiger partial charge is 0.172 e. The van der Waals surface area contributed by atoms with E-state index in [0.717, 1.165) is 60.0 Å². The number of hydrogen-bond acceptors (Lipinski definition) is 5. The van der Waals surface area contributed by atoms with Crippen LogP contribution in [0.15, 0.2) is 41.8 Å². The average Bonchev–Trinajstić information content (AvgIpc) is 3.16. The average molecular weight is 339 g/mol. The minimum Gasteiger partial charge on any atom is -0.378 e. The van der Waals surface area contributed by atoms with Gasteiger partial charge in [-0.05, 0) is 43.3 Å². The largest absolute Gasteiger partial charge is 0.378 e. The van der Waals surface area contributed by atoms with Crippen molar-refractivity contribution in [2.45, 2.75) is 25.9 Å². The molecule has 0 bridgehead atoms. The molecule has 0 unspecified atom stereocenters. The SMILES string of the molecule is CCOC1CCN(c2nc(-c3cccs3)nc3ccccc23)CC1. The van der Waals surface area contributed by atoms with Gasteiger partial charge < -0.3 is 9.64 Å². The van der Waals surface area contributed by atoms with E-state index in [2.05, 4.69) is 41.5 Å². The Labute approximate surface area is 146 Å². The number of nitrogens with zero attached hydrogens (tertiary/aromatic N) is 3. The zero-order valence-electron chi connectivity index (χ0n) is 13.8. The number of ether oxygens (including phenoxy) is 1. The van der Waals surface area contributed by atoms with E-state index in [1.807, 2.05) is 12.1 Å². The van der Waals surface area contributed by atoms with Crippen LogP contribution < -0.4 is 4.90 Å². The van der Waals surface area contributed by atoms with Gasteiger partial charge in [0.25, 0.3) is 0 Å². The first-order valence-electron chi connectivity index (χ1n) is 8.52. The Kier molecular flexibility index (Phi) is 4.45. The zero-order chi connectivity index (χ0) is 16.4. The molecule has 5 heteroatoms. The highest BCUT2D eigenvalue weighted by atomic mass is 32.1. The van der Waals surface area contributed by atoms with Crippen LogP contribution in [-0.4, -0.2) is 35.8 Å². The number of anilines is 1. The molecule has 4 nitrogen and oxygen atoms in total. The Morgan fingerprint density at radius 2 is 1.96 bits per heavy atom. The van der Waals surface area contributed by atoms with E-state index in [-0.39, 0.29) is 0 Å². The molecular formula is C19H21N3OS. The fourth-order valence-electron chi connectivity index (χ4n) is 3.29. The molecule has 24 heavy (non-hydrogen) atoms. The number of hydrogen-bond donors (Lipinski definition) is 0. The highest BCUT2D eigenvalue weighted by molar-refractivity contribution is 7.13. The lowest BCUT2D eigenvalue weighted by Gasteiger charge is -2.33. The predicted octanol–water partition coefficient (Wildman–Crippen LogP) is 4.36. The molecule has 1 aliphatic rings. The lowest BCUT2D eigenvalue weighted by molar-refractivity contribution is 0.0459. The van der Waals surface area contributed by atoms with Gasteiger partial charge in [0.05, 0.1) is 16.5 Å². The summed E-state index contributed by atoms with van der Waals surface area (Å²) in [5, 5.41) is 3.20. The van der Waals surface area contributed by atoms with Gasteiger partial charge in [-0.3, -0.25) is 0 Å². The summed E-state index contributed by atoms with van der Waals surface area (Å²) >= 11 is 1.68. The van der Waals surface area contributed by atoms with Crippen LogP contribution in [0.2, 0.25) is 0 Å². The first kappa shape index (κ1) is 15.5. The van der Waals surface area contributed by atoms with Gasteiger partial charge in [0, 0.05) is 25.1 Å². The second-order valence-electron chi connectivity index (χ2n) is 6.01. The molecule has 0 radical (unpaired) electrons. The van der Waals surface area contributed by atoms with Gasteiger partial charge in [-0.15, -0.1) is 11.3 Å². The van der Waals surface area contributed by atoms with Crippen molar-refractivity contribution in [3.8, 4) is 10.7 Å². The van der Waals surface area contributed by atoms with E-state index in [4.69, 9.17) is 14.7 Å². The number of aromatic nitrogens is 2. The molecule has 1 aromatic carbocycles. The van der Waals surface area contributed by atoms with Crippen LogP contribution in [0.5, 0.6) is 0 Å². The minimum atomic E-state index is 0.385. The van der Waals surface area contributed by atoms with Crippen molar-refractivity contribution in [1.29, 1.82) is 0 Å². The number of rotatable bonds is 4. The zero-order valence-corrected chi connectivity index (χ0v) is 14.6. The van der Waals surface area contributed by atoms with Crippen molar-refractivity contribution >= 4 is 28.1 Å². The first-order valence-corrected chi connectivity index (χ1v) is 9.40. The van der Waals surface area contributed by atoms with Gasteiger partial charge in [-0.25, -0.2) is 9.97 Å². The molecule has 0 spiro atoms. The summed E-state index contributed by atoms with van der Waals surface area (Å²) in [6, 6.07) is 12.4. The van der Waals surface area contributed by atoms with E-state index in [9.17, 15) is 0 Å². The third kappa shape index (κ3) is 3.01. The van der Waals surface area contributed by atoms with Crippen LogP contribution in [-0.2, 0) is 4.74 Å². The minimum absolute atomic E-state index is 0.385. The lowest BCUT2D eigenvalue weighted by Crippen LogP contribution is -2.37. The lowest BCUT2D eigenvalue weighted by atomic mass is 10.1. The van der Waals surface area contributed by atoms with Crippen LogP contribution in [0, 0.1) is 0 Å². The summed E-state index contributed by atoms with van der Waals surface area (Å²) in [6.07, 6.45) is 2.50. The van der Waals surface area contributed by atoms with E-state index < -0.39 is 0 Å². The third-order valence-electron chi connectivity index (χ3n) is 4.47. The number of para-hydroxylation sites is 1. The van der Waals surface area contributed by atoms with Crippen molar-refractivity contribution in [3.05, 3.63) is 41.8 Å². The first-order chi connectivity index (χ1) is 11.8. The Balaban J connectivity index is 1.71. The van der Waals surface area contributed by atoms with Crippen molar-refractivity contribution in [3.63, 3.8) is 0 Å². The molecule has 1 aliphatic heterocycles. The number of benzene rings is 1. The Morgan fingerprint density at radius 1 is 1.12 bits per heavy atom. The maximum absolute atomic E-state index is 5.78. The van der Waals surface area contributed by atoms with Crippen LogP contribution in [0.3, 0.4) is 0 Å². The molecule has 1 fully saturated rings. The standard InChI is InChI=1S/C19H21N3OS/c1-2-23-14-9-11-22(12-10-14)19-15-6-3-4-7-16(15)20-18(21-19)17-8-5-13-24-17/h3-8,13-14H,2,9-12H2,1H3. The van der Waals surface area contributed by atoms with Gasteiger partial charge in [0.15, 0.2) is 5.82 Å². The fraction of sp³-hybridized carbons (Fsp3) is 0.368. The molecule has 2 aromatic heterocycles. The fourth-order valence-corrected chi connectivity index (χ4v) is 3.94. The topological polar surface area (TPSA) is 38.2 Å². The van der Waals surface area contributed by atoms with E-state index >= 15 is 0 Å². The molecule has 124 valence electrons. The van der Waals surface area contributed by atoms with Gasteiger partial charge in [0.1, 0.15) is 5.82 Å². The molecule has 0 saturated carbocycles. The van der Waals surface area contributed by atoms with E-state index in [1.165, 1.54) is 0 Å². The van der Waals surface area contributed by atoms with E-state index in [1.54, 1.807) is 11.3 Å². The van der Waals surface area contributed by atoms with Gasteiger partial charge in [-0.2, -0.15) is 0 Å². The summed E-state index contributed by atoms with van der Waals surface area (Å²) in [5.74, 6) is 1.88. The summed E-state index contributed by atoms with van der Waals surface area (Å²) < 4.78 is 5.78. The molecule has 0 N–H and O–H groups in total. The molecular weight excluding hydrogens is 318 g/mol. The molecule has 1 saturated heterocycles. The molecule has 0 aliphatic carbocycles. The van der Waals surface area contributed by atoms with Gasteiger partial charge in [0.2, 0.25) is 0 Å². The normalized spacial score (nSPS) is 16.0. The van der Waals surface area contributed by atoms with Gasteiger partial charge in [-0.1, -0.05) is 18.2 Å². The van der Waals surface area contributed by atoms with Crippen molar-refractivity contribution in [2.75, 3.05) is 24.6 Å². The molecule has 3 aromatic rings. The van der Waals surface area contributed by atoms with Gasteiger partial charge >= 0.3 is 0 Å². The van der Waals surface area contributed by atoms with Crippen LogP contribution in [0.1, 0.15) is 19.8 Å². The van der Waals surface area contributed by atoms with Crippen LogP contribution in [0.25, 0.3) is 21.6 Å². The molecule has 0 atom stereocenters. The molecule has 3 heterocycles. The van der Waals surface area contributed by atoms with E-state index in [0.29, 0.717) is 6.10 Å². The Hall–Kier alpha value is -1.98.